The average molecular weight is 312 g/mol. The van der Waals surface area contributed by atoms with Crippen LogP contribution in [0.15, 0.2) is 24.3 Å². The number of sulfone groups is 1. The second kappa shape index (κ2) is 6.05. The zero-order chi connectivity index (χ0) is 15.5. The van der Waals surface area contributed by atoms with Crippen LogP contribution in [-0.4, -0.2) is 34.4 Å². The minimum atomic E-state index is -3.40. The Bertz CT molecular complexity index is 599. The molecule has 1 saturated carbocycles. The Kier molecular flexibility index (Phi) is 4.56. The number of rotatable bonds is 6. The van der Waals surface area contributed by atoms with Crippen molar-refractivity contribution in [3.63, 3.8) is 0 Å². The van der Waals surface area contributed by atoms with Gasteiger partial charge in [-0.15, -0.1) is 0 Å². The van der Waals surface area contributed by atoms with Crippen molar-refractivity contribution in [1.82, 2.24) is 0 Å². The van der Waals surface area contributed by atoms with Gasteiger partial charge in [-0.05, 0) is 37.0 Å². The summed E-state index contributed by atoms with van der Waals surface area (Å²) in [6.07, 6.45) is 1.98. The van der Waals surface area contributed by atoms with Crippen molar-refractivity contribution in [2.24, 2.45) is 0 Å². The first-order chi connectivity index (χ1) is 9.95. The average Bonchev–Trinajstić information content (AvgIpc) is 2.44. The highest BCUT2D eigenvalue weighted by Gasteiger charge is 2.49. The number of ether oxygens (including phenoxy) is 2. The zero-order valence-electron chi connectivity index (χ0n) is 12.3. The molecule has 0 amide bonds. The molecule has 1 aliphatic rings. The quantitative estimate of drug-likeness (QED) is 0.752. The molecule has 2 rings (SSSR count). The van der Waals surface area contributed by atoms with Crippen LogP contribution in [0.3, 0.4) is 0 Å². The summed E-state index contributed by atoms with van der Waals surface area (Å²) in [5, 5.41) is 0. The molecule has 0 aromatic heterocycles. The van der Waals surface area contributed by atoms with Gasteiger partial charge in [0.1, 0.15) is 5.75 Å². The Morgan fingerprint density at radius 3 is 2.24 bits per heavy atom. The van der Waals surface area contributed by atoms with Gasteiger partial charge in [-0.2, -0.15) is 0 Å². The van der Waals surface area contributed by atoms with Crippen LogP contribution in [0, 0.1) is 0 Å². The molecule has 0 aliphatic heterocycles. The van der Waals surface area contributed by atoms with Gasteiger partial charge in [0.15, 0.2) is 9.84 Å². The molecule has 0 saturated heterocycles. The molecule has 0 spiro atoms. The Balaban J connectivity index is 2.25. The molecule has 0 radical (unpaired) electrons. The smallest absolute Gasteiger partial charge is 0.306 e. The summed E-state index contributed by atoms with van der Waals surface area (Å²) in [5.41, 5.74) is 0.777. The van der Waals surface area contributed by atoms with Crippen molar-refractivity contribution in [2.75, 3.05) is 20.0 Å². The molecule has 0 bridgehead atoms. The fourth-order valence-electron chi connectivity index (χ4n) is 2.69. The van der Waals surface area contributed by atoms with Gasteiger partial charge >= 0.3 is 5.97 Å². The molecular weight excluding hydrogens is 292 g/mol. The molecule has 0 N–H and O–H groups in total. The van der Waals surface area contributed by atoms with Crippen LogP contribution in [0.5, 0.6) is 5.75 Å². The molecule has 5 nitrogen and oxygen atoms in total. The number of benzene rings is 1. The minimum Gasteiger partial charge on any atom is -0.497 e. The third kappa shape index (κ3) is 2.90. The number of carbonyl (C=O) groups excluding carboxylic acids is 1. The van der Waals surface area contributed by atoms with E-state index in [4.69, 9.17) is 4.74 Å². The van der Waals surface area contributed by atoms with E-state index in [2.05, 4.69) is 4.74 Å². The van der Waals surface area contributed by atoms with Gasteiger partial charge in [0.05, 0.1) is 31.1 Å². The molecule has 0 atom stereocenters. The van der Waals surface area contributed by atoms with Crippen molar-refractivity contribution in [2.45, 2.75) is 30.4 Å². The van der Waals surface area contributed by atoms with Crippen LogP contribution in [0.2, 0.25) is 0 Å². The van der Waals surface area contributed by atoms with E-state index in [0.717, 1.165) is 12.0 Å². The fraction of sp³-hybridized carbons (Fsp3) is 0.533. The van der Waals surface area contributed by atoms with Crippen LogP contribution < -0.4 is 4.74 Å². The Morgan fingerprint density at radius 1 is 1.19 bits per heavy atom. The standard InChI is InChI=1S/C15H20O5S/c1-19-13-6-4-12(5-7-13)15(9-3-10-15)21(17,18)11-8-14(16)20-2/h4-7H,3,8-11H2,1-2H3. The number of hydrogen-bond donors (Lipinski definition) is 0. The first kappa shape index (κ1) is 15.8. The highest BCUT2D eigenvalue weighted by atomic mass is 32.2. The molecule has 1 aliphatic carbocycles. The SMILES string of the molecule is COC(=O)CCS(=O)(=O)C1(c2ccc(OC)cc2)CCC1. The van der Waals surface area contributed by atoms with Gasteiger partial charge < -0.3 is 9.47 Å². The third-order valence-corrected chi connectivity index (χ3v) is 6.75. The lowest BCUT2D eigenvalue weighted by molar-refractivity contribution is -0.140. The molecule has 6 heteroatoms. The Hall–Kier alpha value is -1.56. The van der Waals surface area contributed by atoms with Crippen molar-refractivity contribution in [1.29, 1.82) is 0 Å². The topological polar surface area (TPSA) is 69.7 Å². The summed E-state index contributed by atoms with van der Waals surface area (Å²) in [4.78, 5) is 11.2. The molecule has 1 aromatic rings. The van der Waals surface area contributed by atoms with Gasteiger partial charge in [0.2, 0.25) is 0 Å². The summed E-state index contributed by atoms with van der Waals surface area (Å²) < 4.78 is 34.1. The molecule has 0 unspecified atom stereocenters. The largest absolute Gasteiger partial charge is 0.497 e. The van der Waals surface area contributed by atoms with Gasteiger partial charge in [-0.25, -0.2) is 8.42 Å². The predicted octanol–water partition coefficient (Wildman–Crippen LogP) is 2.05. The number of esters is 1. The number of carbonyl (C=O) groups is 1. The summed E-state index contributed by atoms with van der Waals surface area (Å²) in [7, 11) is -0.572. The lowest BCUT2D eigenvalue weighted by atomic mass is 9.79. The maximum atomic E-state index is 12.7. The Labute approximate surface area is 125 Å². The van der Waals surface area contributed by atoms with Gasteiger partial charge in [-0.3, -0.25) is 4.79 Å². The van der Waals surface area contributed by atoms with Crippen LogP contribution in [0.1, 0.15) is 31.2 Å². The van der Waals surface area contributed by atoms with E-state index in [1.807, 2.05) is 0 Å². The van der Waals surface area contributed by atoms with E-state index >= 15 is 0 Å². The molecule has 0 heterocycles. The van der Waals surface area contributed by atoms with Crippen molar-refractivity contribution in [3.05, 3.63) is 29.8 Å². The van der Waals surface area contributed by atoms with Gasteiger partial charge in [-0.1, -0.05) is 12.1 Å². The van der Waals surface area contributed by atoms with E-state index in [1.165, 1.54) is 7.11 Å². The summed E-state index contributed by atoms with van der Waals surface area (Å²) in [6.45, 7) is 0. The predicted molar refractivity (Wildman–Crippen MR) is 78.9 cm³/mol. The minimum absolute atomic E-state index is 0.100. The fourth-order valence-corrected chi connectivity index (χ4v) is 4.92. The molecule has 1 fully saturated rings. The van der Waals surface area contributed by atoms with Crippen molar-refractivity contribution >= 4 is 15.8 Å². The highest BCUT2D eigenvalue weighted by Crippen LogP contribution is 2.49. The van der Waals surface area contributed by atoms with E-state index in [0.29, 0.717) is 18.6 Å². The normalized spacial score (nSPS) is 16.9. The zero-order valence-corrected chi connectivity index (χ0v) is 13.1. The second-order valence-electron chi connectivity index (χ2n) is 5.22. The number of hydrogen-bond acceptors (Lipinski definition) is 5. The maximum Gasteiger partial charge on any atom is 0.306 e. The third-order valence-electron chi connectivity index (χ3n) is 4.18. The number of methoxy groups -OCH3 is 2. The first-order valence-electron chi connectivity index (χ1n) is 6.89. The molecular formula is C15H20O5S. The summed E-state index contributed by atoms with van der Waals surface area (Å²) in [6, 6.07) is 7.14. The lowest BCUT2D eigenvalue weighted by Crippen LogP contribution is -2.44. The van der Waals surface area contributed by atoms with Crippen molar-refractivity contribution in [3.8, 4) is 5.75 Å². The van der Waals surface area contributed by atoms with E-state index in [9.17, 15) is 13.2 Å². The van der Waals surface area contributed by atoms with Crippen molar-refractivity contribution < 1.29 is 22.7 Å². The lowest BCUT2D eigenvalue weighted by Gasteiger charge is -2.41. The first-order valence-corrected chi connectivity index (χ1v) is 8.54. The van der Waals surface area contributed by atoms with E-state index in [1.54, 1.807) is 31.4 Å². The van der Waals surface area contributed by atoms with Crippen LogP contribution in [-0.2, 0) is 24.1 Å². The molecule has 21 heavy (non-hydrogen) atoms. The summed E-state index contributed by atoms with van der Waals surface area (Å²) >= 11 is 0. The van der Waals surface area contributed by atoms with Crippen LogP contribution in [0.25, 0.3) is 0 Å². The van der Waals surface area contributed by atoms with Gasteiger partial charge in [0.25, 0.3) is 0 Å². The highest BCUT2D eigenvalue weighted by molar-refractivity contribution is 7.92. The van der Waals surface area contributed by atoms with E-state index in [-0.39, 0.29) is 12.2 Å². The van der Waals surface area contributed by atoms with Crippen LogP contribution >= 0.6 is 0 Å². The Morgan fingerprint density at radius 2 is 1.81 bits per heavy atom. The monoisotopic (exact) mass is 312 g/mol. The maximum absolute atomic E-state index is 12.7. The molecule has 116 valence electrons. The van der Waals surface area contributed by atoms with E-state index < -0.39 is 20.6 Å². The summed E-state index contributed by atoms with van der Waals surface area (Å²) in [5.74, 6) is 0.0223. The van der Waals surface area contributed by atoms with Crippen LogP contribution in [0.4, 0.5) is 0 Å². The molecule has 1 aromatic carbocycles. The second-order valence-corrected chi connectivity index (χ2v) is 7.64. The van der Waals surface area contributed by atoms with Gasteiger partial charge in [0, 0.05) is 0 Å².